The molecule has 0 N–H and O–H groups in total. The molecule has 4 nitrogen and oxygen atoms in total. The number of nitrogens with zero attached hydrogens (tertiary/aromatic N) is 3. The molecule has 86 valence electrons. The molecule has 0 saturated carbocycles. The molecule has 1 aromatic carbocycles. The molecule has 6 heteroatoms. The van der Waals surface area contributed by atoms with Gasteiger partial charge in [-0.05, 0) is 24.3 Å². The first-order chi connectivity index (χ1) is 8.29. The third kappa shape index (κ3) is 3.22. The Labute approximate surface area is 108 Å². The molecular weight excluding hydrogens is 258 g/mol. The summed E-state index contributed by atoms with van der Waals surface area (Å²) in [5.74, 6) is 2.02. The van der Waals surface area contributed by atoms with Crippen molar-refractivity contribution in [3.8, 4) is 17.5 Å². The normalized spacial score (nSPS) is 10.1. The molecule has 0 bridgehead atoms. The van der Waals surface area contributed by atoms with Crippen LogP contribution in [0.25, 0.3) is 11.4 Å². The Morgan fingerprint density at radius 3 is 2.82 bits per heavy atom. The van der Waals surface area contributed by atoms with E-state index in [1.165, 1.54) is 11.8 Å². The predicted octanol–water partition coefficient (Wildman–Crippen LogP) is 3.15. The minimum Gasteiger partial charge on any atom is -0.338 e. The summed E-state index contributed by atoms with van der Waals surface area (Å²) in [6.45, 7) is 0. The van der Waals surface area contributed by atoms with E-state index in [9.17, 15) is 0 Å². The van der Waals surface area contributed by atoms with E-state index in [4.69, 9.17) is 21.4 Å². The molecule has 1 aromatic heterocycles. The SMILES string of the molecule is N#CCSCc1nc(-c2ccc(Cl)cc2)no1. The average Bonchev–Trinajstić information content (AvgIpc) is 2.79. The van der Waals surface area contributed by atoms with Crippen molar-refractivity contribution in [1.29, 1.82) is 5.26 Å². The summed E-state index contributed by atoms with van der Waals surface area (Å²) >= 11 is 7.23. The fourth-order valence-electron chi connectivity index (χ4n) is 1.21. The second kappa shape index (κ2) is 5.71. The van der Waals surface area contributed by atoms with Gasteiger partial charge in [0.05, 0.1) is 17.6 Å². The van der Waals surface area contributed by atoms with Gasteiger partial charge >= 0.3 is 0 Å². The summed E-state index contributed by atoms with van der Waals surface area (Å²) in [4.78, 5) is 4.23. The Kier molecular flexibility index (Phi) is 4.02. The molecule has 0 saturated heterocycles. The fourth-order valence-corrected chi connectivity index (χ4v) is 1.82. The molecule has 0 amide bonds. The fraction of sp³-hybridized carbons (Fsp3) is 0.182. The zero-order valence-electron chi connectivity index (χ0n) is 8.76. The Balaban J connectivity index is 2.08. The molecule has 0 fully saturated rings. The maximum absolute atomic E-state index is 8.40. The molecule has 0 radical (unpaired) electrons. The molecule has 17 heavy (non-hydrogen) atoms. The monoisotopic (exact) mass is 265 g/mol. The first-order valence-electron chi connectivity index (χ1n) is 4.83. The van der Waals surface area contributed by atoms with Crippen molar-refractivity contribution in [2.24, 2.45) is 0 Å². The lowest BCUT2D eigenvalue weighted by Gasteiger charge is -1.93. The Bertz CT molecular complexity index is 532. The second-order valence-electron chi connectivity index (χ2n) is 3.17. The largest absolute Gasteiger partial charge is 0.338 e. The highest BCUT2D eigenvalue weighted by Crippen LogP contribution is 2.19. The smallest absolute Gasteiger partial charge is 0.236 e. The number of aromatic nitrogens is 2. The minimum atomic E-state index is 0.415. The molecule has 0 aliphatic heterocycles. The van der Waals surface area contributed by atoms with Crippen LogP contribution < -0.4 is 0 Å². The van der Waals surface area contributed by atoms with E-state index in [1.54, 1.807) is 12.1 Å². The summed E-state index contributed by atoms with van der Waals surface area (Å²) in [7, 11) is 0. The zero-order chi connectivity index (χ0) is 12.1. The third-order valence-corrected chi connectivity index (χ3v) is 3.00. The quantitative estimate of drug-likeness (QED) is 0.795. The van der Waals surface area contributed by atoms with Gasteiger partial charge in [-0.3, -0.25) is 0 Å². The Morgan fingerprint density at radius 1 is 1.35 bits per heavy atom. The van der Waals surface area contributed by atoms with Crippen LogP contribution in [-0.4, -0.2) is 15.9 Å². The Hall–Kier alpha value is -1.51. The van der Waals surface area contributed by atoms with Crippen LogP contribution in [0.2, 0.25) is 5.02 Å². The van der Waals surface area contributed by atoms with Crippen molar-refractivity contribution >= 4 is 23.4 Å². The summed E-state index contributed by atoms with van der Waals surface area (Å²) in [5.41, 5.74) is 0.856. The van der Waals surface area contributed by atoms with Crippen LogP contribution in [0.1, 0.15) is 5.89 Å². The summed E-state index contributed by atoms with van der Waals surface area (Å²) in [6, 6.07) is 9.26. The molecule has 2 rings (SSSR count). The molecule has 1 heterocycles. The highest BCUT2D eigenvalue weighted by molar-refractivity contribution is 7.98. The van der Waals surface area contributed by atoms with Gasteiger partial charge in [-0.1, -0.05) is 16.8 Å². The zero-order valence-corrected chi connectivity index (χ0v) is 10.3. The standard InChI is InChI=1S/C11H8ClN3OS/c12-9-3-1-8(2-4-9)11-14-10(16-15-11)7-17-6-5-13/h1-4H,6-7H2. The van der Waals surface area contributed by atoms with Gasteiger partial charge in [-0.2, -0.15) is 10.2 Å². The maximum Gasteiger partial charge on any atom is 0.236 e. The highest BCUT2D eigenvalue weighted by atomic mass is 35.5. The third-order valence-electron chi connectivity index (χ3n) is 1.96. The van der Waals surface area contributed by atoms with Gasteiger partial charge in [0, 0.05) is 10.6 Å². The van der Waals surface area contributed by atoms with Crippen LogP contribution >= 0.6 is 23.4 Å². The summed E-state index contributed by atoms with van der Waals surface area (Å²) in [6.07, 6.45) is 0. The van der Waals surface area contributed by atoms with E-state index in [0.29, 0.717) is 28.2 Å². The van der Waals surface area contributed by atoms with Crippen molar-refractivity contribution in [2.75, 3.05) is 5.75 Å². The molecule has 0 spiro atoms. The average molecular weight is 266 g/mol. The molecule has 2 aromatic rings. The van der Waals surface area contributed by atoms with E-state index in [-0.39, 0.29) is 0 Å². The topological polar surface area (TPSA) is 62.7 Å². The number of hydrogen-bond donors (Lipinski definition) is 0. The van der Waals surface area contributed by atoms with Gasteiger partial charge in [-0.25, -0.2) is 0 Å². The van der Waals surface area contributed by atoms with Crippen LogP contribution in [-0.2, 0) is 5.75 Å². The minimum absolute atomic E-state index is 0.415. The number of benzene rings is 1. The Morgan fingerprint density at radius 2 is 2.12 bits per heavy atom. The van der Waals surface area contributed by atoms with Crippen LogP contribution in [0.3, 0.4) is 0 Å². The van der Waals surface area contributed by atoms with E-state index >= 15 is 0 Å². The van der Waals surface area contributed by atoms with Gasteiger partial charge in [-0.15, -0.1) is 11.8 Å². The van der Waals surface area contributed by atoms with Crippen LogP contribution in [0.5, 0.6) is 0 Å². The van der Waals surface area contributed by atoms with E-state index in [2.05, 4.69) is 10.1 Å². The van der Waals surface area contributed by atoms with Crippen LogP contribution in [0.4, 0.5) is 0 Å². The molecule has 0 aliphatic carbocycles. The van der Waals surface area contributed by atoms with Gasteiger partial charge < -0.3 is 4.52 Å². The number of halogens is 1. The van der Waals surface area contributed by atoms with Crippen LogP contribution in [0.15, 0.2) is 28.8 Å². The predicted molar refractivity (Wildman–Crippen MR) is 66.5 cm³/mol. The molecule has 0 unspecified atom stereocenters. The van der Waals surface area contributed by atoms with Crippen molar-refractivity contribution in [3.05, 3.63) is 35.2 Å². The first kappa shape index (κ1) is 12.0. The van der Waals surface area contributed by atoms with Crippen LogP contribution in [0, 0.1) is 11.3 Å². The number of thioether (sulfide) groups is 1. The van der Waals surface area contributed by atoms with Crippen molar-refractivity contribution in [2.45, 2.75) is 5.75 Å². The molecular formula is C11H8ClN3OS. The lowest BCUT2D eigenvalue weighted by molar-refractivity contribution is 0.392. The number of hydrogen-bond acceptors (Lipinski definition) is 5. The first-order valence-corrected chi connectivity index (χ1v) is 6.36. The van der Waals surface area contributed by atoms with Gasteiger partial charge in [0.1, 0.15) is 0 Å². The van der Waals surface area contributed by atoms with E-state index in [0.717, 1.165) is 5.56 Å². The summed E-state index contributed by atoms with van der Waals surface area (Å²) in [5, 5.41) is 12.9. The summed E-state index contributed by atoms with van der Waals surface area (Å²) < 4.78 is 5.07. The maximum atomic E-state index is 8.40. The van der Waals surface area contributed by atoms with Crippen molar-refractivity contribution in [3.63, 3.8) is 0 Å². The molecule has 0 aliphatic rings. The van der Waals surface area contributed by atoms with Crippen molar-refractivity contribution < 1.29 is 4.52 Å². The number of rotatable bonds is 4. The molecule has 0 atom stereocenters. The van der Waals surface area contributed by atoms with Gasteiger partial charge in [0.2, 0.25) is 11.7 Å². The lowest BCUT2D eigenvalue weighted by atomic mass is 10.2. The van der Waals surface area contributed by atoms with Gasteiger partial charge in [0.15, 0.2) is 0 Å². The van der Waals surface area contributed by atoms with E-state index < -0.39 is 0 Å². The highest BCUT2D eigenvalue weighted by Gasteiger charge is 2.08. The lowest BCUT2D eigenvalue weighted by Crippen LogP contribution is -1.83. The van der Waals surface area contributed by atoms with E-state index in [1.807, 2.05) is 18.2 Å². The van der Waals surface area contributed by atoms with Crippen molar-refractivity contribution in [1.82, 2.24) is 10.1 Å². The number of nitriles is 1. The second-order valence-corrected chi connectivity index (χ2v) is 4.59. The van der Waals surface area contributed by atoms with Gasteiger partial charge in [0.25, 0.3) is 0 Å².